The van der Waals surface area contributed by atoms with Gasteiger partial charge in [-0.25, -0.2) is 0 Å². The molecule has 0 saturated heterocycles. The van der Waals surface area contributed by atoms with Gasteiger partial charge in [-0.05, 0) is 25.1 Å². The van der Waals surface area contributed by atoms with Gasteiger partial charge >= 0.3 is 0 Å². The summed E-state index contributed by atoms with van der Waals surface area (Å²) in [6.07, 6.45) is 1.74. The molecule has 0 bridgehead atoms. The Hall–Kier alpha value is -1.75. The van der Waals surface area contributed by atoms with E-state index < -0.39 is 0 Å². The molecule has 2 heterocycles. The van der Waals surface area contributed by atoms with Gasteiger partial charge in [-0.15, -0.1) is 0 Å². The first-order chi connectivity index (χ1) is 8.72. The van der Waals surface area contributed by atoms with E-state index in [0.29, 0.717) is 11.7 Å². The smallest absolute Gasteiger partial charge is 0.231 e. The Labute approximate surface area is 107 Å². The van der Waals surface area contributed by atoms with Gasteiger partial charge in [-0.3, -0.25) is 4.98 Å². The quantitative estimate of drug-likeness (QED) is 0.875. The number of pyridine rings is 1. The summed E-state index contributed by atoms with van der Waals surface area (Å²) < 4.78 is 5.29. The minimum atomic E-state index is 0.204. The predicted octanol–water partition coefficient (Wildman–Crippen LogP) is 2.15. The van der Waals surface area contributed by atoms with Gasteiger partial charge < -0.3 is 9.84 Å². The summed E-state index contributed by atoms with van der Waals surface area (Å²) in [6, 6.07) is 3.88. The van der Waals surface area contributed by atoms with E-state index in [2.05, 4.69) is 34.3 Å². The second kappa shape index (κ2) is 5.73. The highest BCUT2D eigenvalue weighted by atomic mass is 16.5. The van der Waals surface area contributed by atoms with Crippen molar-refractivity contribution in [1.29, 1.82) is 0 Å². The molecule has 2 aromatic rings. The van der Waals surface area contributed by atoms with Crippen molar-refractivity contribution in [3.05, 3.63) is 29.8 Å². The highest BCUT2D eigenvalue weighted by Crippen LogP contribution is 2.20. The number of likely N-dealkylation sites (N-methyl/N-ethyl adjacent to an activating group) is 1. The van der Waals surface area contributed by atoms with E-state index in [1.165, 1.54) is 0 Å². The molecular weight excluding hydrogens is 228 g/mol. The van der Waals surface area contributed by atoms with Crippen LogP contribution in [0.4, 0.5) is 0 Å². The predicted molar refractivity (Wildman–Crippen MR) is 69.2 cm³/mol. The maximum absolute atomic E-state index is 5.29. The van der Waals surface area contributed by atoms with Crippen LogP contribution in [0, 0.1) is 6.92 Å². The molecule has 1 atom stereocenters. The summed E-state index contributed by atoms with van der Waals surface area (Å²) in [5, 5.41) is 7.26. The topological polar surface area (TPSA) is 63.8 Å². The minimum Gasteiger partial charge on any atom is -0.339 e. The molecule has 2 rings (SSSR count). The van der Waals surface area contributed by atoms with Gasteiger partial charge in [0.2, 0.25) is 11.7 Å². The normalized spacial score (nSPS) is 12.6. The van der Waals surface area contributed by atoms with Crippen LogP contribution >= 0.6 is 0 Å². The van der Waals surface area contributed by atoms with Crippen molar-refractivity contribution in [2.45, 2.75) is 26.7 Å². The van der Waals surface area contributed by atoms with Crippen LogP contribution in [0.2, 0.25) is 0 Å². The molecule has 96 valence electrons. The number of rotatable bonds is 5. The lowest BCUT2D eigenvalue weighted by Gasteiger charge is -2.05. The summed E-state index contributed by atoms with van der Waals surface area (Å²) in [5.41, 5.74) is 1.83. The monoisotopic (exact) mass is 246 g/mol. The third-order valence-electron chi connectivity index (χ3n) is 2.79. The summed E-state index contributed by atoms with van der Waals surface area (Å²) in [7, 11) is 0. The Balaban J connectivity index is 2.18. The van der Waals surface area contributed by atoms with Crippen LogP contribution in [0.25, 0.3) is 11.5 Å². The molecule has 5 nitrogen and oxygen atoms in total. The van der Waals surface area contributed by atoms with E-state index in [9.17, 15) is 0 Å². The van der Waals surface area contributed by atoms with Crippen LogP contribution < -0.4 is 5.32 Å². The zero-order valence-corrected chi connectivity index (χ0v) is 11.0. The van der Waals surface area contributed by atoms with Crippen LogP contribution in [-0.4, -0.2) is 28.2 Å². The molecular formula is C13H18N4O. The fourth-order valence-corrected chi connectivity index (χ4v) is 1.70. The second-order valence-corrected chi connectivity index (χ2v) is 4.33. The standard InChI is InChI=1S/C13H18N4O/c1-4-14-8-10(3)13-16-12(17-18-13)11-9(2)6-5-7-15-11/h5-7,10,14H,4,8H2,1-3H3. The molecule has 0 aliphatic rings. The summed E-state index contributed by atoms with van der Waals surface area (Å²) in [5.74, 6) is 1.41. The Bertz CT molecular complexity index is 509. The maximum atomic E-state index is 5.29. The lowest BCUT2D eigenvalue weighted by atomic mass is 10.2. The van der Waals surface area contributed by atoms with Crippen LogP contribution in [0.1, 0.15) is 31.2 Å². The van der Waals surface area contributed by atoms with Gasteiger partial charge in [0.05, 0.1) is 0 Å². The molecule has 0 amide bonds. The van der Waals surface area contributed by atoms with Crippen LogP contribution in [0.5, 0.6) is 0 Å². The lowest BCUT2D eigenvalue weighted by molar-refractivity contribution is 0.355. The zero-order chi connectivity index (χ0) is 13.0. The van der Waals surface area contributed by atoms with E-state index in [-0.39, 0.29) is 5.92 Å². The van der Waals surface area contributed by atoms with Gasteiger partial charge in [0.25, 0.3) is 0 Å². The Kier molecular flexibility index (Phi) is 4.04. The second-order valence-electron chi connectivity index (χ2n) is 4.33. The number of aryl methyl sites for hydroxylation is 1. The first kappa shape index (κ1) is 12.7. The number of hydrogen-bond donors (Lipinski definition) is 1. The number of nitrogens with one attached hydrogen (secondary N) is 1. The van der Waals surface area contributed by atoms with Crippen molar-refractivity contribution >= 4 is 0 Å². The van der Waals surface area contributed by atoms with Gasteiger partial charge in [-0.2, -0.15) is 4.98 Å². The molecule has 0 aromatic carbocycles. The highest BCUT2D eigenvalue weighted by Gasteiger charge is 2.16. The van der Waals surface area contributed by atoms with Gasteiger partial charge in [0.15, 0.2) is 0 Å². The number of nitrogens with zero attached hydrogens (tertiary/aromatic N) is 3. The zero-order valence-electron chi connectivity index (χ0n) is 11.0. The number of aromatic nitrogens is 3. The Morgan fingerprint density at radius 3 is 3.00 bits per heavy atom. The van der Waals surface area contributed by atoms with Crippen LogP contribution in [-0.2, 0) is 0 Å². The van der Waals surface area contributed by atoms with Crippen molar-refractivity contribution in [3.63, 3.8) is 0 Å². The van der Waals surface area contributed by atoms with Crippen LogP contribution in [0.3, 0.4) is 0 Å². The molecule has 0 radical (unpaired) electrons. The van der Waals surface area contributed by atoms with E-state index in [4.69, 9.17) is 4.52 Å². The molecule has 18 heavy (non-hydrogen) atoms. The molecule has 5 heteroatoms. The molecule has 1 unspecified atom stereocenters. The lowest BCUT2D eigenvalue weighted by Crippen LogP contribution is -2.19. The Morgan fingerprint density at radius 2 is 2.28 bits per heavy atom. The van der Waals surface area contributed by atoms with Crippen molar-refractivity contribution < 1.29 is 4.52 Å². The summed E-state index contributed by atoms with van der Waals surface area (Å²) in [4.78, 5) is 8.70. The van der Waals surface area contributed by atoms with E-state index in [1.54, 1.807) is 6.20 Å². The Morgan fingerprint density at radius 1 is 1.44 bits per heavy atom. The molecule has 0 saturated carbocycles. The fraction of sp³-hybridized carbons (Fsp3) is 0.462. The first-order valence-corrected chi connectivity index (χ1v) is 6.18. The van der Waals surface area contributed by atoms with E-state index in [1.807, 2.05) is 19.1 Å². The van der Waals surface area contributed by atoms with Crippen molar-refractivity contribution in [1.82, 2.24) is 20.4 Å². The summed E-state index contributed by atoms with van der Waals surface area (Å²) in [6.45, 7) is 7.89. The molecule has 1 N–H and O–H groups in total. The van der Waals surface area contributed by atoms with Crippen molar-refractivity contribution in [3.8, 4) is 11.5 Å². The fourth-order valence-electron chi connectivity index (χ4n) is 1.70. The molecule has 0 aliphatic heterocycles. The summed E-state index contributed by atoms with van der Waals surface area (Å²) >= 11 is 0. The van der Waals surface area contributed by atoms with Gasteiger partial charge in [-0.1, -0.05) is 25.1 Å². The third kappa shape index (κ3) is 2.73. The van der Waals surface area contributed by atoms with Crippen molar-refractivity contribution in [2.75, 3.05) is 13.1 Å². The van der Waals surface area contributed by atoms with Crippen LogP contribution in [0.15, 0.2) is 22.9 Å². The first-order valence-electron chi connectivity index (χ1n) is 6.18. The molecule has 0 aliphatic carbocycles. The molecule has 2 aromatic heterocycles. The SMILES string of the molecule is CCNCC(C)c1nc(-c2ncccc2C)no1. The van der Waals surface area contributed by atoms with Crippen molar-refractivity contribution in [2.24, 2.45) is 0 Å². The molecule has 0 spiro atoms. The average molecular weight is 246 g/mol. The molecule has 0 fully saturated rings. The van der Waals surface area contributed by atoms with Gasteiger partial charge in [0.1, 0.15) is 5.69 Å². The minimum absolute atomic E-state index is 0.204. The number of hydrogen-bond acceptors (Lipinski definition) is 5. The maximum Gasteiger partial charge on any atom is 0.231 e. The van der Waals surface area contributed by atoms with Gasteiger partial charge in [0, 0.05) is 18.7 Å². The average Bonchev–Trinajstić information content (AvgIpc) is 2.86. The van der Waals surface area contributed by atoms with E-state index >= 15 is 0 Å². The largest absolute Gasteiger partial charge is 0.339 e. The highest BCUT2D eigenvalue weighted by molar-refractivity contribution is 5.53. The third-order valence-corrected chi connectivity index (χ3v) is 2.79. The van der Waals surface area contributed by atoms with E-state index in [0.717, 1.165) is 24.3 Å².